The van der Waals surface area contributed by atoms with Gasteiger partial charge in [0.1, 0.15) is 0 Å². The second kappa shape index (κ2) is 16.0. The molecule has 0 saturated heterocycles. The van der Waals surface area contributed by atoms with Gasteiger partial charge >= 0.3 is 17.1 Å². The molecule has 0 saturated carbocycles. The average molecular weight is 210 g/mol. The van der Waals surface area contributed by atoms with Crippen LogP contribution in [0.1, 0.15) is 0 Å². The first kappa shape index (κ1) is 16.5. The van der Waals surface area contributed by atoms with E-state index in [1.165, 1.54) is 0 Å². The Morgan fingerprint density at radius 1 is 1.00 bits per heavy atom. The fourth-order valence-electron chi connectivity index (χ4n) is 0.313. The smallest absolute Gasteiger partial charge is 1.00 e. The third kappa shape index (κ3) is 10.8. The van der Waals surface area contributed by atoms with E-state index in [2.05, 4.69) is 4.98 Å². The van der Waals surface area contributed by atoms with Gasteiger partial charge in [0.25, 0.3) is 0 Å². The van der Waals surface area contributed by atoms with Gasteiger partial charge in [-0.1, -0.05) is 6.07 Å². The molecule has 0 spiro atoms. The van der Waals surface area contributed by atoms with E-state index >= 15 is 0 Å². The molecule has 0 aliphatic heterocycles. The van der Waals surface area contributed by atoms with E-state index < -0.39 is 0 Å². The number of halogens is 1. The van der Waals surface area contributed by atoms with Crippen LogP contribution in [0.25, 0.3) is 0 Å². The quantitative estimate of drug-likeness (QED) is 0.488. The van der Waals surface area contributed by atoms with Gasteiger partial charge in [0.05, 0.1) is 0 Å². The van der Waals surface area contributed by atoms with Crippen molar-refractivity contribution in [2.75, 3.05) is 7.11 Å². The third-order valence-electron chi connectivity index (χ3n) is 0.566. The van der Waals surface area contributed by atoms with E-state index in [0.29, 0.717) is 0 Å². The van der Waals surface area contributed by atoms with Gasteiger partial charge in [0, 0.05) is 19.5 Å². The summed E-state index contributed by atoms with van der Waals surface area (Å²) in [4.78, 5) is 3.78. The maximum Gasteiger partial charge on any atom is 1.00 e. The van der Waals surface area contributed by atoms with Gasteiger partial charge in [0.2, 0.25) is 0 Å². The zero-order valence-corrected chi connectivity index (χ0v) is 7.16. The molecule has 10 heavy (non-hydrogen) atoms. The van der Waals surface area contributed by atoms with E-state index in [-0.39, 0.29) is 29.5 Å². The fourth-order valence-corrected chi connectivity index (χ4v) is 0.313. The number of rotatable bonds is 0. The summed E-state index contributed by atoms with van der Waals surface area (Å²) in [5.41, 5.74) is 0. The zero-order valence-electron chi connectivity index (χ0n) is 5.46. The molecule has 0 bridgehead atoms. The van der Waals surface area contributed by atoms with Crippen LogP contribution >= 0.6 is 0 Å². The number of aliphatic hydroxyl groups excluding tert-OH is 1. The molecule has 1 aromatic heterocycles. The number of pyridine rings is 1. The molecule has 62 valence electrons. The first-order valence-electron chi connectivity index (χ1n) is 2.30. The van der Waals surface area contributed by atoms with Crippen molar-refractivity contribution in [1.82, 2.24) is 4.98 Å². The van der Waals surface area contributed by atoms with Gasteiger partial charge in [-0.3, -0.25) is 4.98 Å². The topological polar surface area (TPSA) is 33.1 Å². The fraction of sp³-hybridized carbons (Fsp3) is 0.167. The van der Waals surface area contributed by atoms with Crippen molar-refractivity contribution in [1.29, 1.82) is 0 Å². The summed E-state index contributed by atoms with van der Waals surface area (Å²) in [6.45, 7) is 0. The summed E-state index contributed by atoms with van der Waals surface area (Å²) in [5.74, 6) is 0. The second-order valence-corrected chi connectivity index (χ2v) is 1.02. The third-order valence-corrected chi connectivity index (χ3v) is 0.566. The van der Waals surface area contributed by atoms with Gasteiger partial charge in [0.15, 0.2) is 0 Å². The van der Waals surface area contributed by atoms with Crippen LogP contribution in [0.5, 0.6) is 0 Å². The molecule has 1 aromatic rings. The number of aliphatic hydroxyl groups is 1. The molecule has 0 aliphatic rings. The molecule has 1 heterocycles. The Morgan fingerprint density at radius 3 is 1.50 bits per heavy atom. The second-order valence-electron chi connectivity index (χ2n) is 1.02. The van der Waals surface area contributed by atoms with Crippen LogP contribution in [0.15, 0.2) is 30.6 Å². The summed E-state index contributed by atoms with van der Waals surface area (Å²) < 4.78 is 0. The Morgan fingerprint density at radius 2 is 1.40 bits per heavy atom. The first-order valence-corrected chi connectivity index (χ1v) is 2.30. The SMILES string of the molecule is CO.[Cl-].[Cu+].c1ccncc1. The summed E-state index contributed by atoms with van der Waals surface area (Å²) in [6.07, 6.45) is 3.50. The van der Waals surface area contributed by atoms with Crippen molar-refractivity contribution in [2.45, 2.75) is 0 Å². The van der Waals surface area contributed by atoms with Crippen molar-refractivity contribution in [2.24, 2.45) is 0 Å². The summed E-state index contributed by atoms with van der Waals surface area (Å²) in [6, 6.07) is 5.72. The number of aromatic nitrogens is 1. The van der Waals surface area contributed by atoms with Crippen molar-refractivity contribution in [3.8, 4) is 0 Å². The standard InChI is InChI=1S/C5H5N.CH4O.ClH.Cu/c1-2-4-6-5-3-1;1-2;;/h1-5H;2H,1H3;1H;/q;;;+1/p-1. The normalized spacial score (nSPS) is 5.40. The van der Waals surface area contributed by atoms with Crippen LogP contribution in [0, 0.1) is 0 Å². The van der Waals surface area contributed by atoms with E-state index in [4.69, 9.17) is 5.11 Å². The monoisotopic (exact) mass is 209 g/mol. The van der Waals surface area contributed by atoms with E-state index in [9.17, 15) is 0 Å². The minimum Gasteiger partial charge on any atom is -1.00 e. The van der Waals surface area contributed by atoms with Crippen molar-refractivity contribution in [3.05, 3.63) is 30.6 Å². The van der Waals surface area contributed by atoms with E-state index in [1.54, 1.807) is 12.4 Å². The number of nitrogens with zero attached hydrogens (tertiary/aromatic N) is 1. The van der Waals surface area contributed by atoms with Crippen molar-refractivity contribution >= 4 is 0 Å². The molecule has 0 atom stereocenters. The van der Waals surface area contributed by atoms with Gasteiger partial charge in [-0.2, -0.15) is 0 Å². The molecule has 4 heteroatoms. The minimum atomic E-state index is 0. The molecule has 0 unspecified atom stereocenters. The molecule has 1 N–H and O–H groups in total. The Kier molecular flexibility index (Phi) is 26.3. The van der Waals surface area contributed by atoms with Gasteiger partial charge in [-0.05, 0) is 12.1 Å². The van der Waals surface area contributed by atoms with E-state index in [1.807, 2.05) is 18.2 Å². The summed E-state index contributed by atoms with van der Waals surface area (Å²) in [7, 11) is 1.00. The predicted octanol–water partition coefficient (Wildman–Crippen LogP) is -2.31. The van der Waals surface area contributed by atoms with Crippen molar-refractivity contribution < 1.29 is 34.6 Å². The molecule has 0 amide bonds. The van der Waals surface area contributed by atoms with Gasteiger partial charge in [-0.15, -0.1) is 0 Å². The Hall–Kier alpha value is -0.0805. The van der Waals surface area contributed by atoms with Gasteiger partial charge in [-0.25, -0.2) is 0 Å². The largest absolute Gasteiger partial charge is 1.00 e. The van der Waals surface area contributed by atoms with Crippen LogP contribution in [0.4, 0.5) is 0 Å². The maximum atomic E-state index is 7.00. The molecule has 2 nitrogen and oxygen atoms in total. The Bertz CT molecular complexity index is 89.7. The molecular formula is C6H9ClCuNO. The van der Waals surface area contributed by atoms with Gasteiger partial charge < -0.3 is 17.5 Å². The Labute approximate surface area is 77.6 Å². The number of hydrogen-bond acceptors (Lipinski definition) is 2. The summed E-state index contributed by atoms with van der Waals surface area (Å²) in [5, 5.41) is 7.00. The minimum absolute atomic E-state index is 0. The molecule has 0 fully saturated rings. The summed E-state index contributed by atoms with van der Waals surface area (Å²) >= 11 is 0. The molecule has 1 rings (SSSR count). The number of hydrogen-bond donors (Lipinski definition) is 1. The predicted molar refractivity (Wildman–Crippen MR) is 32.4 cm³/mol. The zero-order chi connectivity index (χ0) is 6.24. The Balaban J connectivity index is -0.000000114. The van der Waals surface area contributed by atoms with Crippen LogP contribution in [0.3, 0.4) is 0 Å². The molecule has 0 aliphatic carbocycles. The average Bonchev–Trinajstić information content (AvgIpc) is 1.96. The van der Waals surface area contributed by atoms with Crippen LogP contribution in [-0.4, -0.2) is 17.2 Å². The van der Waals surface area contributed by atoms with E-state index in [0.717, 1.165) is 7.11 Å². The first-order chi connectivity index (χ1) is 4.00. The van der Waals surface area contributed by atoms with Crippen molar-refractivity contribution in [3.63, 3.8) is 0 Å². The van der Waals surface area contributed by atoms with Crippen LogP contribution in [0.2, 0.25) is 0 Å². The molecule has 0 radical (unpaired) electrons. The molecule has 0 aromatic carbocycles. The molecular weight excluding hydrogens is 201 g/mol. The van der Waals surface area contributed by atoms with Crippen LogP contribution < -0.4 is 12.4 Å². The maximum absolute atomic E-state index is 7.00. The van der Waals surface area contributed by atoms with Crippen LogP contribution in [-0.2, 0) is 17.1 Å².